The van der Waals surface area contributed by atoms with Crippen molar-refractivity contribution < 1.29 is 13.2 Å². The van der Waals surface area contributed by atoms with Crippen molar-refractivity contribution in [3.63, 3.8) is 0 Å². The van der Waals surface area contributed by atoms with Gasteiger partial charge in [0.05, 0.1) is 18.1 Å². The van der Waals surface area contributed by atoms with E-state index in [0.717, 1.165) is 11.1 Å². The minimum Gasteiger partial charge on any atom is -0.379 e. The van der Waals surface area contributed by atoms with Crippen LogP contribution in [0, 0.1) is 0 Å². The van der Waals surface area contributed by atoms with Crippen molar-refractivity contribution >= 4 is 10.0 Å². The fraction of sp³-hybridized carbons (Fsp3) is 0.538. The number of aryl methyl sites for hydroxylation is 1. The van der Waals surface area contributed by atoms with Crippen molar-refractivity contribution in [2.45, 2.75) is 24.8 Å². The van der Waals surface area contributed by atoms with Gasteiger partial charge >= 0.3 is 0 Å². The van der Waals surface area contributed by atoms with Crippen molar-refractivity contribution in [3.8, 4) is 0 Å². The fourth-order valence-corrected chi connectivity index (χ4v) is 3.94. The molecule has 2 N–H and O–H groups in total. The normalized spacial score (nSPS) is 17.6. The molecule has 0 unspecified atom stereocenters. The minimum atomic E-state index is -3.44. The van der Waals surface area contributed by atoms with Gasteiger partial charge in [0.15, 0.2) is 0 Å². The Balaban J connectivity index is 2.43. The molecule has 0 aromatic heterocycles. The molecule has 1 saturated heterocycles. The van der Waals surface area contributed by atoms with Gasteiger partial charge < -0.3 is 10.5 Å². The second kappa shape index (κ2) is 6.00. The maximum absolute atomic E-state index is 12.7. The summed E-state index contributed by atoms with van der Waals surface area (Å²) < 4.78 is 32.0. The van der Waals surface area contributed by atoms with Crippen LogP contribution in [0.4, 0.5) is 0 Å². The highest BCUT2D eigenvalue weighted by atomic mass is 32.2. The lowest BCUT2D eigenvalue weighted by Crippen LogP contribution is -2.41. The molecular weight excluding hydrogens is 264 g/mol. The average Bonchev–Trinajstić information content (AvgIpc) is 2.47. The van der Waals surface area contributed by atoms with Gasteiger partial charge in [-0.3, -0.25) is 0 Å². The molecule has 106 valence electrons. The van der Waals surface area contributed by atoms with Gasteiger partial charge in [-0.25, -0.2) is 8.42 Å². The van der Waals surface area contributed by atoms with Crippen molar-refractivity contribution in [2.24, 2.45) is 5.73 Å². The number of benzene rings is 1. The van der Waals surface area contributed by atoms with Gasteiger partial charge in [-0.1, -0.05) is 19.1 Å². The lowest BCUT2D eigenvalue weighted by molar-refractivity contribution is 0.0730. The van der Waals surface area contributed by atoms with Crippen LogP contribution in [0.3, 0.4) is 0 Å². The number of nitrogens with zero attached hydrogens (tertiary/aromatic N) is 1. The van der Waals surface area contributed by atoms with E-state index in [1.54, 1.807) is 6.07 Å². The summed E-state index contributed by atoms with van der Waals surface area (Å²) in [6, 6.07) is 5.44. The molecule has 0 amide bonds. The van der Waals surface area contributed by atoms with E-state index < -0.39 is 10.0 Å². The van der Waals surface area contributed by atoms with Crippen LogP contribution in [0.5, 0.6) is 0 Å². The third kappa shape index (κ3) is 2.97. The van der Waals surface area contributed by atoms with Crippen LogP contribution in [-0.4, -0.2) is 39.0 Å². The average molecular weight is 284 g/mol. The van der Waals surface area contributed by atoms with Crippen molar-refractivity contribution in [1.82, 2.24) is 4.31 Å². The van der Waals surface area contributed by atoms with Crippen LogP contribution in [-0.2, 0) is 27.7 Å². The van der Waals surface area contributed by atoms with Crippen LogP contribution >= 0.6 is 0 Å². The molecule has 6 heteroatoms. The Morgan fingerprint density at radius 2 is 2.00 bits per heavy atom. The van der Waals surface area contributed by atoms with Crippen molar-refractivity contribution in [2.75, 3.05) is 26.3 Å². The van der Waals surface area contributed by atoms with E-state index in [-0.39, 0.29) is 0 Å². The number of hydrogen-bond acceptors (Lipinski definition) is 4. The predicted octanol–water partition coefficient (Wildman–Crippen LogP) is 0.729. The lowest BCUT2D eigenvalue weighted by Gasteiger charge is -2.27. The third-order valence-electron chi connectivity index (χ3n) is 3.34. The second-order valence-corrected chi connectivity index (χ2v) is 6.42. The van der Waals surface area contributed by atoms with Crippen LogP contribution in [0.25, 0.3) is 0 Å². The van der Waals surface area contributed by atoms with E-state index in [0.29, 0.717) is 44.2 Å². The molecule has 19 heavy (non-hydrogen) atoms. The summed E-state index contributed by atoms with van der Waals surface area (Å²) in [6.45, 7) is 4.04. The molecule has 0 saturated carbocycles. The van der Waals surface area contributed by atoms with E-state index in [1.165, 1.54) is 4.31 Å². The first kappa shape index (κ1) is 14.5. The largest absolute Gasteiger partial charge is 0.379 e. The molecule has 1 heterocycles. The van der Waals surface area contributed by atoms with E-state index in [1.807, 2.05) is 19.1 Å². The molecule has 5 nitrogen and oxygen atoms in total. The lowest BCUT2D eigenvalue weighted by atomic mass is 10.1. The van der Waals surface area contributed by atoms with Gasteiger partial charge in [-0.05, 0) is 23.6 Å². The monoisotopic (exact) mass is 284 g/mol. The number of sulfonamides is 1. The molecule has 1 fully saturated rings. The molecule has 0 aliphatic carbocycles. The standard InChI is InChI=1S/C13H20N2O3S/c1-2-12-4-3-11(10-14)9-13(12)19(16,17)15-5-7-18-8-6-15/h3-4,9H,2,5-8,10,14H2,1H3. The molecule has 0 spiro atoms. The summed E-state index contributed by atoms with van der Waals surface area (Å²) in [5.41, 5.74) is 7.28. The van der Waals surface area contributed by atoms with Crippen LogP contribution in [0.1, 0.15) is 18.1 Å². The molecular formula is C13H20N2O3S. The van der Waals surface area contributed by atoms with Gasteiger partial charge in [0.2, 0.25) is 10.0 Å². The first-order chi connectivity index (χ1) is 9.09. The number of morpholine rings is 1. The van der Waals surface area contributed by atoms with Gasteiger partial charge in [-0.15, -0.1) is 0 Å². The first-order valence-corrected chi connectivity index (χ1v) is 7.93. The molecule has 0 atom stereocenters. The number of rotatable bonds is 4. The zero-order chi connectivity index (χ0) is 13.9. The van der Waals surface area contributed by atoms with Crippen LogP contribution in [0.2, 0.25) is 0 Å². The second-order valence-electron chi connectivity index (χ2n) is 4.52. The van der Waals surface area contributed by atoms with Crippen molar-refractivity contribution in [3.05, 3.63) is 29.3 Å². The fourth-order valence-electron chi connectivity index (χ4n) is 2.18. The Kier molecular flexibility index (Phi) is 4.57. The highest BCUT2D eigenvalue weighted by molar-refractivity contribution is 7.89. The van der Waals surface area contributed by atoms with E-state index in [4.69, 9.17) is 10.5 Å². The van der Waals surface area contributed by atoms with Gasteiger partial charge in [0.25, 0.3) is 0 Å². The predicted molar refractivity (Wildman–Crippen MR) is 73.3 cm³/mol. The zero-order valence-corrected chi connectivity index (χ0v) is 11.9. The van der Waals surface area contributed by atoms with Gasteiger partial charge in [0.1, 0.15) is 0 Å². The van der Waals surface area contributed by atoms with Crippen molar-refractivity contribution in [1.29, 1.82) is 0 Å². The maximum Gasteiger partial charge on any atom is 0.243 e. The summed E-state index contributed by atoms with van der Waals surface area (Å²) >= 11 is 0. The summed E-state index contributed by atoms with van der Waals surface area (Å²) in [6.07, 6.45) is 0.684. The Hall–Kier alpha value is -0.950. The molecule has 0 radical (unpaired) electrons. The topological polar surface area (TPSA) is 72.6 Å². The summed E-state index contributed by atoms with van der Waals surface area (Å²) in [5, 5.41) is 0. The Morgan fingerprint density at radius 1 is 1.32 bits per heavy atom. The quantitative estimate of drug-likeness (QED) is 0.884. The molecule has 2 rings (SSSR count). The molecule has 1 aromatic rings. The third-order valence-corrected chi connectivity index (χ3v) is 5.32. The molecule has 1 aliphatic rings. The minimum absolute atomic E-state index is 0.343. The first-order valence-electron chi connectivity index (χ1n) is 6.49. The summed E-state index contributed by atoms with van der Waals surface area (Å²) in [5.74, 6) is 0. The van der Waals surface area contributed by atoms with E-state index in [9.17, 15) is 8.42 Å². The Bertz CT molecular complexity index is 537. The summed E-state index contributed by atoms with van der Waals surface area (Å²) in [7, 11) is -3.44. The zero-order valence-electron chi connectivity index (χ0n) is 11.1. The van der Waals surface area contributed by atoms with Gasteiger partial charge in [-0.2, -0.15) is 4.31 Å². The number of ether oxygens (including phenoxy) is 1. The van der Waals surface area contributed by atoms with Crippen LogP contribution < -0.4 is 5.73 Å². The SMILES string of the molecule is CCc1ccc(CN)cc1S(=O)(=O)N1CCOCC1. The molecule has 1 aliphatic heterocycles. The summed E-state index contributed by atoms with van der Waals surface area (Å²) in [4.78, 5) is 0.389. The Morgan fingerprint density at radius 3 is 2.58 bits per heavy atom. The number of nitrogens with two attached hydrogens (primary N) is 1. The highest BCUT2D eigenvalue weighted by Crippen LogP contribution is 2.23. The number of hydrogen-bond donors (Lipinski definition) is 1. The molecule has 0 bridgehead atoms. The maximum atomic E-state index is 12.7. The Labute approximate surface area is 114 Å². The smallest absolute Gasteiger partial charge is 0.243 e. The van der Waals surface area contributed by atoms with Gasteiger partial charge in [0, 0.05) is 19.6 Å². The molecule has 1 aromatic carbocycles. The van der Waals surface area contributed by atoms with E-state index >= 15 is 0 Å². The van der Waals surface area contributed by atoms with E-state index in [2.05, 4.69) is 0 Å². The van der Waals surface area contributed by atoms with Crippen LogP contribution in [0.15, 0.2) is 23.1 Å². The highest BCUT2D eigenvalue weighted by Gasteiger charge is 2.28.